The predicted molar refractivity (Wildman–Crippen MR) is 101 cm³/mol. The van der Waals surface area contributed by atoms with Crippen molar-refractivity contribution in [1.29, 1.82) is 0 Å². The third-order valence-corrected chi connectivity index (χ3v) is 5.59. The zero-order valence-electron chi connectivity index (χ0n) is 15.3. The first-order chi connectivity index (χ1) is 12.5. The van der Waals surface area contributed by atoms with Crippen LogP contribution in [0.25, 0.3) is 10.6 Å². The molecule has 1 aliphatic heterocycles. The Balaban J connectivity index is 1.73. The van der Waals surface area contributed by atoms with Gasteiger partial charge in [-0.1, -0.05) is 6.92 Å². The first kappa shape index (κ1) is 18.7. The zero-order chi connectivity index (χ0) is 18.7. The van der Waals surface area contributed by atoms with E-state index in [1.807, 2.05) is 23.6 Å². The monoisotopic (exact) mass is 376 g/mol. The summed E-state index contributed by atoms with van der Waals surface area (Å²) in [6.45, 7) is 4.28. The number of ether oxygens (including phenoxy) is 2. The fourth-order valence-corrected chi connectivity index (χ4v) is 4.29. The van der Waals surface area contributed by atoms with E-state index in [-0.39, 0.29) is 5.92 Å². The molecule has 140 valence electrons. The molecule has 1 aromatic heterocycles. The minimum Gasteiger partial charge on any atom is -0.493 e. The van der Waals surface area contributed by atoms with E-state index in [0.29, 0.717) is 30.5 Å². The summed E-state index contributed by atoms with van der Waals surface area (Å²) >= 11 is 1.58. The molecule has 0 bridgehead atoms. The van der Waals surface area contributed by atoms with Crippen LogP contribution in [0.5, 0.6) is 11.5 Å². The number of piperidine rings is 1. The van der Waals surface area contributed by atoms with Crippen LogP contribution in [0.2, 0.25) is 0 Å². The summed E-state index contributed by atoms with van der Waals surface area (Å²) < 4.78 is 10.6. The molecule has 2 unspecified atom stereocenters. The van der Waals surface area contributed by atoms with Crippen molar-refractivity contribution in [2.45, 2.75) is 19.9 Å². The van der Waals surface area contributed by atoms with Gasteiger partial charge >= 0.3 is 5.97 Å². The molecule has 2 atom stereocenters. The lowest BCUT2D eigenvalue weighted by Gasteiger charge is -2.34. The molecular formula is C19H24N2O4S. The number of benzene rings is 1. The van der Waals surface area contributed by atoms with E-state index in [9.17, 15) is 9.90 Å². The fraction of sp³-hybridized carbons (Fsp3) is 0.474. The van der Waals surface area contributed by atoms with Crippen LogP contribution in [0.15, 0.2) is 23.6 Å². The lowest BCUT2D eigenvalue weighted by atomic mass is 9.90. The molecule has 2 aromatic rings. The molecule has 6 nitrogen and oxygen atoms in total. The molecule has 0 amide bonds. The van der Waals surface area contributed by atoms with Gasteiger partial charge < -0.3 is 14.6 Å². The van der Waals surface area contributed by atoms with E-state index >= 15 is 0 Å². The second-order valence-corrected chi connectivity index (χ2v) is 7.64. The molecule has 1 aromatic carbocycles. The number of likely N-dealkylation sites (tertiary alicyclic amines) is 1. The van der Waals surface area contributed by atoms with Crippen molar-refractivity contribution >= 4 is 17.3 Å². The maximum atomic E-state index is 11.3. The van der Waals surface area contributed by atoms with Crippen molar-refractivity contribution < 1.29 is 19.4 Å². The SMILES string of the molecule is COc1ccc(-c2nc(CN3CC(C)CC(C(=O)O)C3)cs2)cc1OC. The molecule has 3 rings (SSSR count). The molecule has 1 saturated heterocycles. The molecule has 1 N–H and O–H groups in total. The first-order valence-electron chi connectivity index (χ1n) is 8.62. The highest BCUT2D eigenvalue weighted by molar-refractivity contribution is 7.13. The molecule has 2 heterocycles. The maximum Gasteiger partial charge on any atom is 0.307 e. The highest BCUT2D eigenvalue weighted by Gasteiger charge is 2.29. The van der Waals surface area contributed by atoms with Crippen molar-refractivity contribution in [2.24, 2.45) is 11.8 Å². The second-order valence-electron chi connectivity index (χ2n) is 6.78. The van der Waals surface area contributed by atoms with Gasteiger partial charge in [-0.2, -0.15) is 0 Å². The average molecular weight is 376 g/mol. The Bertz CT molecular complexity index is 777. The number of aromatic nitrogens is 1. The number of carboxylic acids is 1. The van der Waals surface area contributed by atoms with Crippen molar-refractivity contribution in [1.82, 2.24) is 9.88 Å². The molecule has 0 saturated carbocycles. The van der Waals surface area contributed by atoms with Gasteiger partial charge in [0.05, 0.1) is 25.8 Å². The lowest BCUT2D eigenvalue weighted by Crippen LogP contribution is -2.42. The van der Waals surface area contributed by atoms with Gasteiger partial charge in [0.1, 0.15) is 5.01 Å². The summed E-state index contributed by atoms with van der Waals surface area (Å²) in [6, 6.07) is 5.76. The summed E-state index contributed by atoms with van der Waals surface area (Å²) in [5, 5.41) is 12.3. The number of nitrogens with zero attached hydrogens (tertiary/aromatic N) is 2. The van der Waals surface area contributed by atoms with E-state index < -0.39 is 5.97 Å². The number of carbonyl (C=O) groups is 1. The van der Waals surface area contributed by atoms with Crippen LogP contribution in [0.3, 0.4) is 0 Å². The van der Waals surface area contributed by atoms with Crippen LogP contribution in [-0.2, 0) is 11.3 Å². The summed E-state index contributed by atoms with van der Waals surface area (Å²) in [4.78, 5) is 18.3. The quantitative estimate of drug-likeness (QED) is 0.833. The molecule has 7 heteroatoms. The Morgan fingerprint density at radius 3 is 2.77 bits per heavy atom. The number of hydrogen-bond donors (Lipinski definition) is 1. The fourth-order valence-electron chi connectivity index (χ4n) is 3.48. The van der Waals surface area contributed by atoms with Gasteiger partial charge in [0.15, 0.2) is 11.5 Å². The first-order valence-corrected chi connectivity index (χ1v) is 9.50. The number of rotatable bonds is 6. The van der Waals surface area contributed by atoms with E-state index in [4.69, 9.17) is 14.5 Å². The number of thiazole rings is 1. The standard InChI is InChI=1S/C19H24N2O4S/c1-12-6-14(19(22)23)9-21(8-12)10-15-11-26-18(20-15)13-4-5-16(24-2)17(7-13)25-3/h4-5,7,11-12,14H,6,8-10H2,1-3H3,(H,22,23). The Hall–Kier alpha value is -2.12. The molecule has 0 aliphatic carbocycles. The lowest BCUT2D eigenvalue weighted by molar-refractivity contribution is -0.144. The van der Waals surface area contributed by atoms with Gasteiger partial charge in [-0.3, -0.25) is 9.69 Å². The molecular weight excluding hydrogens is 352 g/mol. The zero-order valence-corrected chi connectivity index (χ0v) is 16.1. The Morgan fingerprint density at radius 1 is 1.31 bits per heavy atom. The van der Waals surface area contributed by atoms with Gasteiger partial charge in [0.25, 0.3) is 0 Å². The number of hydrogen-bond acceptors (Lipinski definition) is 6. The Kier molecular flexibility index (Phi) is 5.78. The second kappa shape index (κ2) is 8.05. The Morgan fingerprint density at radius 2 is 2.08 bits per heavy atom. The highest BCUT2D eigenvalue weighted by atomic mass is 32.1. The van der Waals surface area contributed by atoms with Gasteiger partial charge in [-0.15, -0.1) is 11.3 Å². The number of methoxy groups -OCH3 is 2. The topological polar surface area (TPSA) is 71.9 Å². The minimum atomic E-state index is -0.703. The molecule has 26 heavy (non-hydrogen) atoms. The van der Waals surface area contributed by atoms with Crippen molar-refractivity contribution in [2.75, 3.05) is 27.3 Å². The van der Waals surface area contributed by atoms with E-state index in [2.05, 4.69) is 11.8 Å². The number of aliphatic carboxylic acids is 1. The third-order valence-electron chi connectivity index (χ3n) is 4.65. The summed E-state index contributed by atoms with van der Waals surface area (Å²) in [5.41, 5.74) is 1.95. The van der Waals surface area contributed by atoms with Crippen molar-refractivity contribution in [3.05, 3.63) is 29.3 Å². The molecule has 1 aliphatic rings. The molecule has 0 radical (unpaired) electrons. The minimum absolute atomic E-state index is 0.289. The van der Waals surface area contributed by atoms with Crippen LogP contribution < -0.4 is 9.47 Å². The van der Waals surface area contributed by atoms with E-state index in [1.54, 1.807) is 25.6 Å². The van der Waals surface area contributed by atoms with Crippen LogP contribution in [0, 0.1) is 11.8 Å². The average Bonchev–Trinajstić information content (AvgIpc) is 3.09. The summed E-state index contributed by atoms with van der Waals surface area (Å²) in [6.07, 6.45) is 0.750. The summed E-state index contributed by atoms with van der Waals surface area (Å²) in [7, 11) is 3.23. The van der Waals surface area contributed by atoms with Crippen LogP contribution in [-0.4, -0.2) is 48.3 Å². The van der Waals surface area contributed by atoms with Gasteiger partial charge in [0.2, 0.25) is 0 Å². The van der Waals surface area contributed by atoms with Crippen molar-refractivity contribution in [3.8, 4) is 22.1 Å². The van der Waals surface area contributed by atoms with Crippen LogP contribution in [0.1, 0.15) is 19.0 Å². The Labute approximate surface area is 157 Å². The maximum absolute atomic E-state index is 11.3. The van der Waals surface area contributed by atoms with Crippen LogP contribution in [0.4, 0.5) is 0 Å². The van der Waals surface area contributed by atoms with Crippen molar-refractivity contribution in [3.63, 3.8) is 0 Å². The predicted octanol–water partition coefficient (Wildman–Crippen LogP) is 3.37. The van der Waals surface area contributed by atoms with Gasteiger partial charge in [0, 0.05) is 30.6 Å². The largest absolute Gasteiger partial charge is 0.493 e. The van der Waals surface area contributed by atoms with Crippen LogP contribution >= 0.6 is 11.3 Å². The highest BCUT2D eigenvalue weighted by Crippen LogP contribution is 2.34. The number of carboxylic acid groups (broad SMARTS) is 1. The van der Waals surface area contributed by atoms with E-state index in [1.165, 1.54) is 0 Å². The normalized spacial score (nSPS) is 20.7. The summed E-state index contributed by atoms with van der Waals surface area (Å²) in [5.74, 6) is 0.758. The van der Waals surface area contributed by atoms with E-state index in [0.717, 1.165) is 29.2 Å². The smallest absolute Gasteiger partial charge is 0.307 e. The van der Waals surface area contributed by atoms with Gasteiger partial charge in [-0.25, -0.2) is 4.98 Å². The van der Waals surface area contributed by atoms with Gasteiger partial charge in [-0.05, 0) is 30.5 Å². The third kappa shape index (κ3) is 4.16. The molecule has 1 fully saturated rings. The molecule has 0 spiro atoms.